The van der Waals surface area contributed by atoms with Gasteiger partial charge in [0.05, 0.1) is 6.61 Å². The number of rotatable bonds is 7. The lowest BCUT2D eigenvalue weighted by Gasteiger charge is -2.07. The van der Waals surface area contributed by atoms with Crippen LogP contribution in [-0.4, -0.2) is 18.1 Å². The fourth-order valence-corrected chi connectivity index (χ4v) is 1.89. The predicted octanol–water partition coefficient (Wildman–Crippen LogP) is 2.81. The molecule has 0 atom stereocenters. The number of pyridine rings is 1. The van der Waals surface area contributed by atoms with Crippen molar-refractivity contribution in [3.8, 4) is 5.75 Å². The quantitative estimate of drug-likeness (QED) is 0.773. The van der Waals surface area contributed by atoms with Gasteiger partial charge in [-0.15, -0.1) is 0 Å². The van der Waals surface area contributed by atoms with Crippen LogP contribution < -0.4 is 10.1 Å². The summed E-state index contributed by atoms with van der Waals surface area (Å²) in [5.41, 5.74) is 2.59. The van der Waals surface area contributed by atoms with Gasteiger partial charge >= 0.3 is 0 Å². The van der Waals surface area contributed by atoms with Gasteiger partial charge in [-0.2, -0.15) is 0 Å². The van der Waals surface area contributed by atoms with Crippen molar-refractivity contribution in [1.82, 2.24) is 10.3 Å². The molecule has 0 saturated heterocycles. The molecule has 0 unspecified atom stereocenters. The number of benzene rings is 1. The zero-order chi connectivity index (χ0) is 13.3. The van der Waals surface area contributed by atoms with Gasteiger partial charge in [0.15, 0.2) is 0 Å². The van der Waals surface area contributed by atoms with E-state index in [0.29, 0.717) is 6.61 Å². The van der Waals surface area contributed by atoms with Crippen molar-refractivity contribution in [3.05, 3.63) is 59.9 Å². The lowest BCUT2D eigenvalue weighted by molar-refractivity contribution is 0.340. The average molecular weight is 256 g/mol. The second-order valence-corrected chi connectivity index (χ2v) is 4.36. The van der Waals surface area contributed by atoms with Gasteiger partial charge in [0.25, 0.3) is 0 Å². The van der Waals surface area contributed by atoms with Gasteiger partial charge in [0, 0.05) is 18.9 Å². The van der Waals surface area contributed by atoms with Crippen molar-refractivity contribution in [2.75, 3.05) is 13.2 Å². The Morgan fingerprint density at radius 3 is 2.42 bits per heavy atom. The van der Waals surface area contributed by atoms with Gasteiger partial charge in [-0.3, -0.25) is 4.98 Å². The molecule has 3 heteroatoms. The number of aromatic nitrogens is 1. The molecule has 19 heavy (non-hydrogen) atoms. The molecule has 3 nitrogen and oxygen atoms in total. The van der Waals surface area contributed by atoms with Crippen molar-refractivity contribution < 1.29 is 4.74 Å². The highest BCUT2D eigenvalue weighted by molar-refractivity contribution is 5.27. The van der Waals surface area contributed by atoms with Crippen molar-refractivity contribution >= 4 is 0 Å². The van der Waals surface area contributed by atoms with E-state index in [-0.39, 0.29) is 0 Å². The summed E-state index contributed by atoms with van der Waals surface area (Å²) in [4.78, 5) is 4.01. The summed E-state index contributed by atoms with van der Waals surface area (Å²) in [5, 5.41) is 3.44. The maximum atomic E-state index is 5.42. The van der Waals surface area contributed by atoms with Gasteiger partial charge in [-0.05, 0) is 55.3 Å². The smallest absolute Gasteiger partial charge is 0.119 e. The zero-order valence-electron chi connectivity index (χ0n) is 11.3. The van der Waals surface area contributed by atoms with Crippen LogP contribution in [0, 0.1) is 0 Å². The molecule has 0 amide bonds. The molecule has 1 heterocycles. The van der Waals surface area contributed by atoms with Crippen LogP contribution in [-0.2, 0) is 13.0 Å². The lowest BCUT2D eigenvalue weighted by Crippen LogP contribution is -2.16. The predicted molar refractivity (Wildman–Crippen MR) is 77.3 cm³/mol. The van der Waals surface area contributed by atoms with Crippen molar-refractivity contribution in [1.29, 1.82) is 0 Å². The van der Waals surface area contributed by atoms with E-state index in [1.54, 1.807) is 0 Å². The molecule has 0 fully saturated rings. The Labute approximate surface area is 114 Å². The molecule has 0 aliphatic heterocycles. The third kappa shape index (κ3) is 4.72. The van der Waals surface area contributed by atoms with Gasteiger partial charge in [-0.1, -0.05) is 12.1 Å². The first kappa shape index (κ1) is 13.6. The summed E-state index contributed by atoms with van der Waals surface area (Å²) in [6.07, 6.45) is 4.70. The Morgan fingerprint density at radius 2 is 1.74 bits per heavy atom. The standard InChI is InChI=1S/C16H20N2O/c1-2-19-16-5-3-15(4-6-16)13-18-12-9-14-7-10-17-11-8-14/h3-8,10-11,18H,2,9,12-13H2,1H3. The van der Waals surface area contributed by atoms with Crippen LogP contribution in [0.4, 0.5) is 0 Å². The maximum absolute atomic E-state index is 5.42. The number of nitrogens with zero attached hydrogens (tertiary/aromatic N) is 1. The Balaban J connectivity index is 1.70. The van der Waals surface area contributed by atoms with Crippen LogP contribution in [0.25, 0.3) is 0 Å². The molecule has 0 aliphatic rings. The van der Waals surface area contributed by atoms with Crippen LogP contribution >= 0.6 is 0 Å². The molecule has 100 valence electrons. The normalized spacial score (nSPS) is 10.4. The summed E-state index contributed by atoms with van der Waals surface area (Å²) in [7, 11) is 0. The van der Waals surface area contributed by atoms with Crippen molar-refractivity contribution in [2.24, 2.45) is 0 Å². The highest BCUT2D eigenvalue weighted by Crippen LogP contribution is 2.11. The minimum Gasteiger partial charge on any atom is -0.494 e. The van der Waals surface area contributed by atoms with E-state index in [0.717, 1.165) is 25.3 Å². The molecule has 0 aliphatic carbocycles. The van der Waals surface area contributed by atoms with Gasteiger partial charge in [-0.25, -0.2) is 0 Å². The van der Waals surface area contributed by atoms with Gasteiger partial charge in [0.2, 0.25) is 0 Å². The van der Waals surface area contributed by atoms with E-state index < -0.39 is 0 Å². The van der Waals surface area contributed by atoms with Crippen LogP contribution in [0.5, 0.6) is 5.75 Å². The summed E-state index contributed by atoms with van der Waals surface area (Å²) in [6, 6.07) is 12.3. The topological polar surface area (TPSA) is 34.1 Å². The molecule has 0 saturated carbocycles. The molecule has 1 N–H and O–H groups in total. The third-order valence-electron chi connectivity index (χ3n) is 2.90. The van der Waals surface area contributed by atoms with Crippen LogP contribution in [0.3, 0.4) is 0 Å². The molecular weight excluding hydrogens is 236 g/mol. The second kappa shape index (κ2) is 7.54. The molecule has 1 aromatic carbocycles. The molecule has 2 aromatic rings. The second-order valence-electron chi connectivity index (χ2n) is 4.36. The van der Waals surface area contributed by atoms with E-state index >= 15 is 0 Å². The Bertz CT molecular complexity index is 468. The number of hydrogen-bond acceptors (Lipinski definition) is 3. The third-order valence-corrected chi connectivity index (χ3v) is 2.90. The number of hydrogen-bond donors (Lipinski definition) is 1. The zero-order valence-corrected chi connectivity index (χ0v) is 11.3. The first-order valence-corrected chi connectivity index (χ1v) is 6.70. The van der Waals surface area contributed by atoms with E-state index in [2.05, 4.69) is 34.6 Å². The Morgan fingerprint density at radius 1 is 1.00 bits per heavy atom. The fourth-order valence-electron chi connectivity index (χ4n) is 1.89. The number of nitrogens with one attached hydrogen (secondary N) is 1. The minimum atomic E-state index is 0.712. The lowest BCUT2D eigenvalue weighted by atomic mass is 10.2. The summed E-state index contributed by atoms with van der Waals surface area (Å²) >= 11 is 0. The number of ether oxygens (including phenoxy) is 1. The molecule has 0 spiro atoms. The Hall–Kier alpha value is -1.87. The SMILES string of the molecule is CCOc1ccc(CNCCc2ccncc2)cc1. The van der Waals surface area contributed by atoms with Crippen LogP contribution in [0.2, 0.25) is 0 Å². The first-order valence-electron chi connectivity index (χ1n) is 6.70. The van der Waals surface area contributed by atoms with Crippen LogP contribution in [0.15, 0.2) is 48.8 Å². The summed E-state index contributed by atoms with van der Waals surface area (Å²) in [6.45, 7) is 4.56. The molecule has 0 radical (unpaired) electrons. The fraction of sp³-hybridized carbons (Fsp3) is 0.312. The van der Waals surface area contributed by atoms with Crippen LogP contribution in [0.1, 0.15) is 18.1 Å². The minimum absolute atomic E-state index is 0.712. The van der Waals surface area contributed by atoms with Gasteiger partial charge in [0.1, 0.15) is 5.75 Å². The Kier molecular flexibility index (Phi) is 5.38. The molecule has 2 rings (SSSR count). The summed E-state index contributed by atoms with van der Waals surface area (Å²) in [5.74, 6) is 0.933. The van der Waals surface area contributed by atoms with E-state index in [1.807, 2.05) is 31.5 Å². The first-order chi connectivity index (χ1) is 9.38. The molecule has 1 aromatic heterocycles. The molecule has 0 bridgehead atoms. The van der Waals surface area contributed by atoms with Crippen molar-refractivity contribution in [2.45, 2.75) is 19.9 Å². The summed E-state index contributed by atoms with van der Waals surface area (Å²) < 4.78 is 5.42. The molecular formula is C16H20N2O. The highest BCUT2D eigenvalue weighted by Gasteiger charge is 1.96. The monoisotopic (exact) mass is 256 g/mol. The van der Waals surface area contributed by atoms with E-state index in [9.17, 15) is 0 Å². The average Bonchev–Trinajstić information content (AvgIpc) is 2.47. The van der Waals surface area contributed by atoms with E-state index in [1.165, 1.54) is 11.1 Å². The van der Waals surface area contributed by atoms with Gasteiger partial charge < -0.3 is 10.1 Å². The van der Waals surface area contributed by atoms with Crippen molar-refractivity contribution in [3.63, 3.8) is 0 Å². The maximum Gasteiger partial charge on any atom is 0.119 e. The highest BCUT2D eigenvalue weighted by atomic mass is 16.5. The van der Waals surface area contributed by atoms with E-state index in [4.69, 9.17) is 4.74 Å². The largest absolute Gasteiger partial charge is 0.494 e.